The summed E-state index contributed by atoms with van der Waals surface area (Å²) < 4.78 is 0. The van der Waals surface area contributed by atoms with E-state index in [9.17, 15) is 9.90 Å². The van der Waals surface area contributed by atoms with Crippen LogP contribution in [0, 0.1) is 6.92 Å². The second-order valence-corrected chi connectivity index (χ2v) is 6.46. The lowest BCUT2D eigenvalue weighted by Gasteiger charge is -2.10. The fourth-order valence-electron chi connectivity index (χ4n) is 2.19. The smallest absolute Gasteiger partial charge is 0.348 e. The van der Waals surface area contributed by atoms with Crippen molar-refractivity contribution < 1.29 is 9.90 Å². The maximum atomic E-state index is 11.3. The summed E-state index contributed by atoms with van der Waals surface area (Å²) in [5.74, 6) is -0.865. The van der Waals surface area contributed by atoms with Crippen LogP contribution in [0.15, 0.2) is 18.2 Å². The zero-order chi connectivity index (χ0) is 15.0. The van der Waals surface area contributed by atoms with E-state index in [2.05, 4.69) is 0 Å². The predicted molar refractivity (Wildman–Crippen MR) is 85.0 cm³/mol. The molecule has 3 N–H and O–H groups in total. The average molecular weight is 310 g/mol. The van der Waals surface area contributed by atoms with Crippen LogP contribution in [0.3, 0.4) is 0 Å². The number of hydrogen-bond donors (Lipinski definition) is 2. The Bertz CT molecular complexity index is 677. The van der Waals surface area contributed by atoms with Crippen molar-refractivity contribution in [2.24, 2.45) is 0 Å². The van der Waals surface area contributed by atoms with Crippen LogP contribution in [-0.4, -0.2) is 11.1 Å². The SMILES string of the molecule is Cc1ccc(-c2sc(C(=O)O)c(N)c2C(C)C)c(Cl)c1. The summed E-state index contributed by atoms with van der Waals surface area (Å²) in [5.41, 5.74) is 9.12. The lowest BCUT2D eigenvalue weighted by Crippen LogP contribution is -2.00. The fraction of sp³-hybridized carbons (Fsp3) is 0.267. The summed E-state index contributed by atoms with van der Waals surface area (Å²) in [6.07, 6.45) is 0. The van der Waals surface area contributed by atoms with Crippen LogP contribution < -0.4 is 5.73 Å². The van der Waals surface area contributed by atoms with Crippen LogP contribution in [0.5, 0.6) is 0 Å². The van der Waals surface area contributed by atoms with Crippen LogP contribution in [0.1, 0.15) is 40.6 Å². The molecule has 2 aromatic rings. The van der Waals surface area contributed by atoms with Crippen molar-refractivity contribution in [3.8, 4) is 10.4 Å². The van der Waals surface area contributed by atoms with E-state index < -0.39 is 5.97 Å². The minimum absolute atomic E-state index is 0.131. The number of nitrogen functional groups attached to an aromatic ring is 1. The third kappa shape index (κ3) is 2.53. The van der Waals surface area contributed by atoms with Crippen molar-refractivity contribution >= 4 is 34.6 Å². The molecule has 0 aliphatic carbocycles. The van der Waals surface area contributed by atoms with Gasteiger partial charge in [-0.2, -0.15) is 0 Å². The Balaban J connectivity index is 2.73. The third-order valence-electron chi connectivity index (χ3n) is 3.12. The number of carboxylic acid groups (broad SMARTS) is 1. The van der Waals surface area contributed by atoms with Crippen molar-refractivity contribution in [3.63, 3.8) is 0 Å². The van der Waals surface area contributed by atoms with E-state index in [-0.39, 0.29) is 10.8 Å². The predicted octanol–water partition coefficient (Wildman–Crippen LogP) is 4.78. The summed E-state index contributed by atoms with van der Waals surface area (Å²) in [4.78, 5) is 12.3. The molecule has 0 unspecified atom stereocenters. The van der Waals surface area contributed by atoms with E-state index in [1.165, 1.54) is 11.3 Å². The van der Waals surface area contributed by atoms with Crippen molar-refractivity contribution in [1.29, 1.82) is 0 Å². The van der Waals surface area contributed by atoms with Crippen molar-refractivity contribution in [2.45, 2.75) is 26.7 Å². The zero-order valence-electron chi connectivity index (χ0n) is 11.5. The Morgan fingerprint density at radius 2 is 2.05 bits per heavy atom. The molecule has 0 aliphatic heterocycles. The quantitative estimate of drug-likeness (QED) is 0.857. The summed E-state index contributed by atoms with van der Waals surface area (Å²) in [6.45, 7) is 5.95. The van der Waals surface area contributed by atoms with Gasteiger partial charge in [0.05, 0.1) is 5.69 Å². The molecule has 0 spiro atoms. The number of rotatable bonds is 3. The van der Waals surface area contributed by atoms with Crippen LogP contribution in [0.25, 0.3) is 10.4 Å². The van der Waals surface area contributed by atoms with Gasteiger partial charge in [-0.25, -0.2) is 4.79 Å². The molecule has 106 valence electrons. The fourth-order valence-corrected chi connectivity index (χ4v) is 3.83. The lowest BCUT2D eigenvalue weighted by atomic mass is 9.98. The Hall–Kier alpha value is -1.52. The summed E-state index contributed by atoms with van der Waals surface area (Å²) in [5, 5.41) is 9.86. The van der Waals surface area contributed by atoms with Gasteiger partial charge >= 0.3 is 5.97 Å². The minimum atomic E-state index is -0.996. The Morgan fingerprint density at radius 1 is 1.40 bits per heavy atom. The number of carbonyl (C=O) groups is 1. The van der Waals surface area contributed by atoms with Crippen molar-refractivity contribution in [3.05, 3.63) is 39.2 Å². The molecule has 5 heteroatoms. The number of aryl methyl sites for hydroxylation is 1. The largest absolute Gasteiger partial charge is 0.477 e. The van der Waals surface area contributed by atoms with E-state index in [0.717, 1.165) is 21.6 Å². The van der Waals surface area contributed by atoms with E-state index in [1.807, 2.05) is 39.0 Å². The number of nitrogens with two attached hydrogens (primary N) is 1. The van der Waals surface area contributed by atoms with Gasteiger partial charge in [0.15, 0.2) is 0 Å². The number of carboxylic acids is 1. The maximum Gasteiger partial charge on any atom is 0.348 e. The Morgan fingerprint density at radius 3 is 2.55 bits per heavy atom. The van der Waals surface area contributed by atoms with Crippen LogP contribution in [0.2, 0.25) is 5.02 Å². The van der Waals surface area contributed by atoms with E-state index in [4.69, 9.17) is 17.3 Å². The monoisotopic (exact) mass is 309 g/mol. The highest BCUT2D eigenvalue weighted by atomic mass is 35.5. The van der Waals surface area contributed by atoms with Crippen molar-refractivity contribution in [2.75, 3.05) is 5.73 Å². The topological polar surface area (TPSA) is 63.3 Å². The van der Waals surface area contributed by atoms with Gasteiger partial charge in [-0.15, -0.1) is 11.3 Å². The molecule has 0 bridgehead atoms. The molecule has 0 saturated heterocycles. The van der Waals surface area contributed by atoms with Gasteiger partial charge in [0.2, 0.25) is 0 Å². The summed E-state index contributed by atoms with van der Waals surface area (Å²) in [7, 11) is 0. The number of aromatic carboxylic acids is 1. The molecular weight excluding hydrogens is 294 g/mol. The number of halogens is 1. The standard InChI is InChI=1S/C15H16ClNO2S/c1-7(2)11-12(17)14(15(18)19)20-13(11)9-5-4-8(3)6-10(9)16/h4-7H,17H2,1-3H3,(H,18,19). The van der Waals surface area contributed by atoms with Crippen LogP contribution in [0.4, 0.5) is 5.69 Å². The van der Waals surface area contributed by atoms with Gasteiger partial charge in [-0.1, -0.05) is 37.6 Å². The molecule has 20 heavy (non-hydrogen) atoms. The van der Waals surface area contributed by atoms with Crippen molar-refractivity contribution in [1.82, 2.24) is 0 Å². The Labute approximate surface area is 127 Å². The summed E-state index contributed by atoms with van der Waals surface area (Å²) >= 11 is 7.49. The first kappa shape index (κ1) is 14.9. The first-order chi connectivity index (χ1) is 9.32. The third-order valence-corrected chi connectivity index (χ3v) is 4.68. The lowest BCUT2D eigenvalue weighted by molar-refractivity contribution is 0.0703. The molecule has 0 saturated carbocycles. The summed E-state index contributed by atoms with van der Waals surface area (Å²) in [6, 6.07) is 5.75. The minimum Gasteiger partial charge on any atom is -0.477 e. The number of anilines is 1. The highest BCUT2D eigenvalue weighted by molar-refractivity contribution is 7.18. The van der Waals surface area contributed by atoms with Crippen LogP contribution >= 0.6 is 22.9 Å². The first-order valence-electron chi connectivity index (χ1n) is 6.25. The molecule has 0 radical (unpaired) electrons. The van der Waals surface area contributed by atoms with Crippen LogP contribution in [-0.2, 0) is 0 Å². The Kier molecular flexibility index (Phi) is 4.06. The van der Waals surface area contributed by atoms with E-state index in [0.29, 0.717) is 10.7 Å². The highest BCUT2D eigenvalue weighted by Crippen LogP contribution is 2.44. The maximum absolute atomic E-state index is 11.3. The highest BCUT2D eigenvalue weighted by Gasteiger charge is 2.24. The molecule has 0 amide bonds. The van der Waals surface area contributed by atoms with E-state index in [1.54, 1.807) is 0 Å². The normalized spacial score (nSPS) is 11.1. The molecule has 0 aliphatic rings. The van der Waals surface area contributed by atoms with Gasteiger partial charge < -0.3 is 10.8 Å². The molecule has 3 nitrogen and oxygen atoms in total. The molecule has 0 fully saturated rings. The van der Waals surface area contributed by atoms with Gasteiger partial charge in [0, 0.05) is 15.5 Å². The van der Waals surface area contributed by atoms with Gasteiger partial charge in [0.1, 0.15) is 4.88 Å². The molecule has 2 rings (SSSR count). The number of benzene rings is 1. The van der Waals surface area contributed by atoms with Gasteiger partial charge in [0.25, 0.3) is 0 Å². The molecule has 1 aromatic heterocycles. The zero-order valence-corrected chi connectivity index (χ0v) is 13.1. The number of thiophene rings is 1. The molecule has 0 atom stereocenters. The second kappa shape index (κ2) is 5.46. The average Bonchev–Trinajstić information content (AvgIpc) is 2.66. The molecule has 1 aromatic carbocycles. The van der Waals surface area contributed by atoms with E-state index >= 15 is 0 Å². The molecule has 1 heterocycles. The second-order valence-electron chi connectivity index (χ2n) is 5.03. The first-order valence-corrected chi connectivity index (χ1v) is 7.44. The van der Waals surface area contributed by atoms with Gasteiger partial charge in [-0.3, -0.25) is 0 Å². The van der Waals surface area contributed by atoms with Gasteiger partial charge in [-0.05, 0) is 30.0 Å². The number of hydrogen-bond acceptors (Lipinski definition) is 3. The molecular formula is C15H16ClNO2S.